The van der Waals surface area contributed by atoms with E-state index < -0.39 is 0 Å². The Hall–Kier alpha value is -2.72. The number of methoxy groups -OCH3 is 3. The fourth-order valence-electron chi connectivity index (χ4n) is 3.44. The molecule has 10 heteroatoms. The van der Waals surface area contributed by atoms with Crippen molar-refractivity contribution < 1.29 is 18.9 Å². The zero-order valence-corrected chi connectivity index (χ0v) is 17.4. The summed E-state index contributed by atoms with van der Waals surface area (Å²) in [6.45, 7) is 0.736. The molecule has 1 atom stereocenters. The third kappa shape index (κ3) is 3.77. The largest absolute Gasteiger partial charge is 0.493 e. The van der Waals surface area contributed by atoms with E-state index in [4.69, 9.17) is 18.9 Å². The first-order valence-electron chi connectivity index (χ1n) is 9.26. The maximum Gasteiger partial charge on any atom is 0.203 e. The number of nitrogens with one attached hydrogen (secondary N) is 1. The van der Waals surface area contributed by atoms with Gasteiger partial charge in [0.15, 0.2) is 33.6 Å². The summed E-state index contributed by atoms with van der Waals surface area (Å²) < 4.78 is 24.0. The smallest absolute Gasteiger partial charge is 0.203 e. The van der Waals surface area contributed by atoms with Crippen LogP contribution in [0.3, 0.4) is 0 Å². The highest BCUT2D eigenvalue weighted by atomic mass is 32.1. The van der Waals surface area contributed by atoms with Crippen LogP contribution in [0, 0.1) is 0 Å². The molecule has 0 saturated carbocycles. The summed E-state index contributed by atoms with van der Waals surface area (Å²) in [7, 11) is 4.71. The molecule has 3 aromatic rings. The highest BCUT2D eigenvalue weighted by Crippen LogP contribution is 2.41. The molecule has 4 rings (SSSR count). The van der Waals surface area contributed by atoms with Crippen molar-refractivity contribution in [2.24, 2.45) is 0 Å². The maximum atomic E-state index is 5.88. The summed E-state index contributed by atoms with van der Waals surface area (Å²) in [5.41, 5.74) is 2.01. The van der Waals surface area contributed by atoms with E-state index in [0.717, 1.165) is 25.9 Å². The van der Waals surface area contributed by atoms with Crippen molar-refractivity contribution in [3.8, 4) is 17.2 Å². The Bertz CT molecular complexity index is 994. The lowest BCUT2D eigenvalue weighted by Crippen LogP contribution is -2.17. The van der Waals surface area contributed by atoms with E-state index in [1.165, 1.54) is 0 Å². The third-order valence-corrected chi connectivity index (χ3v) is 5.00. The molecule has 1 aromatic carbocycles. The Morgan fingerprint density at radius 1 is 1.10 bits per heavy atom. The van der Waals surface area contributed by atoms with E-state index >= 15 is 0 Å². The first-order chi connectivity index (χ1) is 14.1. The van der Waals surface area contributed by atoms with Crippen LogP contribution in [0.2, 0.25) is 0 Å². The van der Waals surface area contributed by atoms with E-state index in [-0.39, 0.29) is 6.23 Å². The van der Waals surface area contributed by atoms with Gasteiger partial charge in [0.05, 0.1) is 27.7 Å². The van der Waals surface area contributed by atoms with Crippen molar-refractivity contribution in [2.75, 3.05) is 33.3 Å². The number of anilines is 2. The van der Waals surface area contributed by atoms with Crippen molar-refractivity contribution in [3.05, 3.63) is 18.5 Å². The molecule has 29 heavy (non-hydrogen) atoms. The monoisotopic (exact) mass is 417 g/mol. The summed E-state index contributed by atoms with van der Waals surface area (Å²) in [6.07, 6.45) is 4.77. The maximum absolute atomic E-state index is 5.88. The average molecular weight is 417 g/mol. The van der Waals surface area contributed by atoms with Gasteiger partial charge in [-0.2, -0.15) is 0 Å². The molecule has 9 nitrogen and oxygen atoms in total. The van der Waals surface area contributed by atoms with Gasteiger partial charge in [0.25, 0.3) is 0 Å². The van der Waals surface area contributed by atoms with Crippen molar-refractivity contribution in [1.29, 1.82) is 0 Å². The lowest BCUT2D eigenvalue weighted by molar-refractivity contribution is -0.0298. The molecule has 0 radical (unpaired) electrons. The number of fused-ring (bicyclic) bond motifs is 1. The Kier molecular flexibility index (Phi) is 5.63. The van der Waals surface area contributed by atoms with Crippen LogP contribution < -0.4 is 19.5 Å². The van der Waals surface area contributed by atoms with Gasteiger partial charge in [-0.1, -0.05) is 0 Å². The molecule has 1 saturated heterocycles. The Morgan fingerprint density at radius 3 is 2.48 bits per heavy atom. The molecule has 0 bridgehead atoms. The molecule has 0 aliphatic carbocycles. The zero-order valence-electron chi connectivity index (χ0n) is 16.5. The number of ether oxygens (including phenoxy) is 4. The molecule has 1 unspecified atom stereocenters. The van der Waals surface area contributed by atoms with Crippen LogP contribution >= 0.6 is 12.6 Å². The van der Waals surface area contributed by atoms with Gasteiger partial charge in [-0.05, 0) is 19.3 Å². The number of rotatable bonds is 6. The molecule has 0 amide bonds. The van der Waals surface area contributed by atoms with Crippen LogP contribution in [0.15, 0.2) is 23.6 Å². The number of hydrogen-bond donors (Lipinski definition) is 2. The second kappa shape index (κ2) is 8.34. The third-order valence-electron chi connectivity index (χ3n) is 4.80. The lowest BCUT2D eigenvalue weighted by atomic mass is 10.2. The van der Waals surface area contributed by atoms with E-state index in [2.05, 4.69) is 32.9 Å². The van der Waals surface area contributed by atoms with Crippen LogP contribution in [-0.4, -0.2) is 47.5 Å². The van der Waals surface area contributed by atoms with Gasteiger partial charge in [-0.15, -0.1) is 12.6 Å². The molecule has 1 fully saturated rings. The van der Waals surface area contributed by atoms with Gasteiger partial charge in [0.1, 0.15) is 6.23 Å². The Balaban J connectivity index is 1.74. The molecule has 1 aliphatic heterocycles. The second-order valence-corrected chi connectivity index (χ2v) is 6.96. The summed E-state index contributed by atoms with van der Waals surface area (Å²) in [4.78, 5) is 13.4. The van der Waals surface area contributed by atoms with Crippen molar-refractivity contribution in [2.45, 2.75) is 30.6 Å². The van der Waals surface area contributed by atoms with Crippen molar-refractivity contribution in [1.82, 2.24) is 19.5 Å². The van der Waals surface area contributed by atoms with Gasteiger partial charge in [0.2, 0.25) is 5.75 Å². The van der Waals surface area contributed by atoms with Gasteiger partial charge in [-0.3, -0.25) is 4.57 Å². The first kappa shape index (κ1) is 19.6. The number of imidazole rings is 1. The second-order valence-electron chi connectivity index (χ2n) is 6.56. The number of hydrogen-bond acceptors (Lipinski definition) is 9. The van der Waals surface area contributed by atoms with Crippen LogP contribution in [0.5, 0.6) is 17.2 Å². The molecule has 1 N–H and O–H groups in total. The predicted octanol–water partition coefficient (Wildman–Crippen LogP) is 3.58. The topological polar surface area (TPSA) is 92.6 Å². The minimum Gasteiger partial charge on any atom is -0.493 e. The van der Waals surface area contributed by atoms with Crippen LogP contribution in [0.25, 0.3) is 11.2 Å². The summed E-state index contributed by atoms with van der Waals surface area (Å²) in [5, 5.41) is 3.61. The number of nitrogens with zero attached hydrogens (tertiary/aromatic N) is 4. The van der Waals surface area contributed by atoms with Crippen molar-refractivity contribution >= 4 is 35.3 Å². The Labute approximate surface area is 173 Å². The first-order valence-corrected chi connectivity index (χ1v) is 9.71. The fourth-order valence-corrected chi connectivity index (χ4v) is 3.63. The van der Waals surface area contributed by atoms with Crippen molar-refractivity contribution in [3.63, 3.8) is 0 Å². The molecule has 154 valence electrons. The molecule has 1 aliphatic rings. The normalized spacial score (nSPS) is 16.6. The standard InChI is InChI=1S/C19H23N5O4S/c1-25-12-8-11(9-13(26-2)16(12)27-3)21-17-15-18(23-19(29)22-17)24(10-20-15)14-6-4-5-7-28-14/h8-10,14H,4-7H2,1-3H3,(H2,21,22,23,29). The van der Waals surface area contributed by atoms with Gasteiger partial charge in [0, 0.05) is 24.4 Å². The highest BCUT2D eigenvalue weighted by molar-refractivity contribution is 7.80. The van der Waals surface area contributed by atoms with E-state index in [1.807, 2.05) is 4.57 Å². The van der Waals surface area contributed by atoms with Crippen LogP contribution in [0.1, 0.15) is 25.5 Å². The van der Waals surface area contributed by atoms with Crippen LogP contribution in [0.4, 0.5) is 11.5 Å². The van der Waals surface area contributed by atoms with E-state index in [9.17, 15) is 0 Å². The molecule has 0 spiro atoms. The minimum absolute atomic E-state index is 0.0783. The molecule has 3 heterocycles. The summed E-state index contributed by atoms with van der Waals surface area (Å²) in [5.74, 6) is 2.12. The minimum atomic E-state index is -0.0783. The average Bonchev–Trinajstić information content (AvgIpc) is 3.17. The molecular weight excluding hydrogens is 394 g/mol. The fraction of sp³-hybridized carbons (Fsp3) is 0.421. The van der Waals surface area contributed by atoms with E-state index in [0.29, 0.717) is 45.1 Å². The number of aromatic nitrogens is 4. The lowest BCUT2D eigenvalue weighted by Gasteiger charge is -2.23. The van der Waals surface area contributed by atoms with Crippen LogP contribution in [-0.2, 0) is 4.74 Å². The van der Waals surface area contributed by atoms with Gasteiger partial charge >= 0.3 is 0 Å². The summed E-state index contributed by atoms with van der Waals surface area (Å²) in [6, 6.07) is 3.60. The predicted molar refractivity (Wildman–Crippen MR) is 111 cm³/mol. The van der Waals surface area contributed by atoms with Gasteiger partial charge in [-0.25, -0.2) is 15.0 Å². The highest BCUT2D eigenvalue weighted by Gasteiger charge is 2.21. The van der Waals surface area contributed by atoms with E-state index in [1.54, 1.807) is 39.8 Å². The number of thiol groups is 1. The molecular formula is C19H23N5O4S. The van der Waals surface area contributed by atoms with Gasteiger partial charge < -0.3 is 24.3 Å². The molecule has 2 aromatic heterocycles. The zero-order chi connectivity index (χ0) is 20.4. The quantitative estimate of drug-likeness (QED) is 0.464. The SMILES string of the molecule is COc1cc(Nc2nc(S)nc3c2ncn3C2CCCCO2)cc(OC)c1OC. The summed E-state index contributed by atoms with van der Waals surface area (Å²) >= 11 is 4.38. The Morgan fingerprint density at radius 2 is 1.86 bits per heavy atom. The number of benzene rings is 1.